The fourth-order valence-corrected chi connectivity index (χ4v) is 3.16. The van der Waals surface area contributed by atoms with Gasteiger partial charge in [-0.25, -0.2) is 0 Å². The highest BCUT2D eigenvalue weighted by molar-refractivity contribution is 5.95. The number of nitrogens with zero attached hydrogens (tertiary/aromatic N) is 2. The number of carbonyl (C=O) groups excluding carboxylic acids is 2. The van der Waals surface area contributed by atoms with E-state index in [-0.39, 0.29) is 11.8 Å². The van der Waals surface area contributed by atoms with Gasteiger partial charge in [-0.05, 0) is 59.5 Å². The van der Waals surface area contributed by atoms with E-state index in [0.717, 1.165) is 27.9 Å². The first-order chi connectivity index (χ1) is 14.0. The maximum atomic E-state index is 12.5. The third-order valence-corrected chi connectivity index (χ3v) is 4.91. The molecule has 5 heteroatoms. The molecule has 0 radical (unpaired) electrons. The van der Waals surface area contributed by atoms with Crippen LogP contribution in [-0.4, -0.2) is 23.8 Å². The molecule has 0 spiro atoms. The fourth-order valence-electron chi connectivity index (χ4n) is 3.16. The summed E-state index contributed by atoms with van der Waals surface area (Å²) >= 11 is 0. The molecule has 3 aromatic rings. The number of hydrogen-bond donors (Lipinski definition) is 1. The Morgan fingerprint density at radius 1 is 1.07 bits per heavy atom. The molecule has 3 rings (SSSR count). The van der Waals surface area contributed by atoms with Crippen molar-refractivity contribution in [1.82, 2.24) is 10.3 Å². The number of pyridine rings is 1. The Hall–Kier alpha value is -3.47. The molecular formula is C24H25N3O2. The number of anilines is 1. The summed E-state index contributed by atoms with van der Waals surface area (Å²) in [7, 11) is 1.78. The van der Waals surface area contributed by atoms with Gasteiger partial charge in [0.1, 0.15) is 0 Å². The van der Waals surface area contributed by atoms with Gasteiger partial charge in [-0.1, -0.05) is 31.2 Å². The molecule has 0 unspecified atom stereocenters. The maximum absolute atomic E-state index is 12.5. The van der Waals surface area contributed by atoms with Crippen LogP contribution in [0.1, 0.15) is 34.8 Å². The van der Waals surface area contributed by atoms with Crippen molar-refractivity contribution in [3.8, 4) is 11.1 Å². The number of nitrogens with one attached hydrogen (secondary N) is 1. The molecule has 148 valence electrons. The molecule has 2 aromatic carbocycles. The van der Waals surface area contributed by atoms with Crippen LogP contribution in [0.3, 0.4) is 0 Å². The lowest BCUT2D eigenvalue weighted by molar-refractivity contribution is -0.118. The zero-order valence-corrected chi connectivity index (χ0v) is 17.0. The van der Waals surface area contributed by atoms with E-state index in [0.29, 0.717) is 18.5 Å². The quantitative estimate of drug-likeness (QED) is 0.684. The first kappa shape index (κ1) is 20.3. The molecule has 0 fully saturated rings. The molecule has 0 saturated heterocycles. The molecule has 5 nitrogen and oxygen atoms in total. The van der Waals surface area contributed by atoms with E-state index >= 15 is 0 Å². The molecule has 0 bridgehead atoms. The van der Waals surface area contributed by atoms with Crippen LogP contribution in [0.25, 0.3) is 11.1 Å². The number of amides is 2. The van der Waals surface area contributed by atoms with Gasteiger partial charge in [-0.15, -0.1) is 0 Å². The normalized spacial score (nSPS) is 10.4. The number of aryl methyl sites for hydroxylation is 1. The van der Waals surface area contributed by atoms with Crippen LogP contribution >= 0.6 is 0 Å². The van der Waals surface area contributed by atoms with Crippen molar-refractivity contribution in [1.29, 1.82) is 0 Å². The Morgan fingerprint density at radius 3 is 2.45 bits per heavy atom. The van der Waals surface area contributed by atoms with Crippen molar-refractivity contribution in [2.75, 3.05) is 11.9 Å². The van der Waals surface area contributed by atoms with Crippen LogP contribution in [0.2, 0.25) is 0 Å². The van der Waals surface area contributed by atoms with E-state index < -0.39 is 0 Å². The monoisotopic (exact) mass is 387 g/mol. The van der Waals surface area contributed by atoms with Gasteiger partial charge >= 0.3 is 0 Å². The molecule has 0 aliphatic heterocycles. The second-order valence-corrected chi connectivity index (χ2v) is 6.93. The van der Waals surface area contributed by atoms with Crippen molar-refractivity contribution >= 4 is 17.5 Å². The van der Waals surface area contributed by atoms with E-state index in [2.05, 4.69) is 10.3 Å². The Morgan fingerprint density at radius 2 is 1.83 bits per heavy atom. The SMILES string of the molecule is CCC(=O)N(C)c1ccc(-c2ccc(C(=O)NCc3cccnc3)cc2C)cc1. The lowest BCUT2D eigenvalue weighted by Crippen LogP contribution is -2.24. The minimum atomic E-state index is -0.112. The van der Waals surface area contributed by atoms with Crippen LogP contribution in [0.5, 0.6) is 0 Å². The summed E-state index contributed by atoms with van der Waals surface area (Å²) in [4.78, 5) is 30.0. The highest BCUT2D eigenvalue weighted by atomic mass is 16.2. The van der Waals surface area contributed by atoms with Crippen LogP contribution in [0.15, 0.2) is 67.0 Å². The van der Waals surface area contributed by atoms with Crippen molar-refractivity contribution in [2.24, 2.45) is 0 Å². The Balaban J connectivity index is 1.72. The van der Waals surface area contributed by atoms with Gasteiger partial charge in [0.15, 0.2) is 0 Å². The molecule has 1 N–H and O–H groups in total. The van der Waals surface area contributed by atoms with Gasteiger partial charge in [-0.2, -0.15) is 0 Å². The van der Waals surface area contributed by atoms with Gasteiger partial charge < -0.3 is 10.2 Å². The summed E-state index contributed by atoms with van der Waals surface area (Å²) in [6.45, 7) is 4.29. The highest BCUT2D eigenvalue weighted by Gasteiger charge is 2.11. The minimum Gasteiger partial charge on any atom is -0.348 e. The fraction of sp³-hybridized carbons (Fsp3) is 0.208. The average Bonchev–Trinajstić information content (AvgIpc) is 2.77. The smallest absolute Gasteiger partial charge is 0.251 e. The van der Waals surface area contributed by atoms with E-state index in [1.54, 1.807) is 24.3 Å². The van der Waals surface area contributed by atoms with Crippen LogP contribution in [0, 0.1) is 6.92 Å². The summed E-state index contributed by atoms with van der Waals surface area (Å²) in [5.41, 5.74) is 5.58. The van der Waals surface area contributed by atoms with Gasteiger partial charge in [-0.3, -0.25) is 14.6 Å². The van der Waals surface area contributed by atoms with Gasteiger partial charge in [0.05, 0.1) is 0 Å². The summed E-state index contributed by atoms with van der Waals surface area (Å²) < 4.78 is 0. The van der Waals surface area contributed by atoms with Crippen molar-refractivity contribution < 1.29 is 9.59 Å². The minimum absolute atomic E-state index is 0.0792. The Bertz CT molecular complexity index is 998. The van der Waals surface area contributed by atoms with Gasteiger partial charge in [0, 0.05) is 43.7 Å². The van der Waals surface area contributed by atoms with Crippen molar-refractivity contribution in [3.63, 3.8) is 0 Å². The van der Waals surface area contributed by atoms with E-state index in [9.17, 15) is 9.59 Å². The predicted octanol–water partition coefficient (Wildman–Crippen LogP) is 4.36. The Labute approximate surface area is 171 Å². The highest BCUT2D eigenvalue weighted by Crippen LogP contribution is 2.26. The summed E-state index contributed by atoms with van der Waals surface area (Å²) in [5.74, 6) is -0.0332. The van der Waals surface area contributed by atoms with Gasteiger partial charge in [0.2, 0.25) is 5.91 Å². The molecule has 29 heavy (non-hydrogen) atoms. The standard InChI is InChI=1S/C24H25N3O2/c1-4-23(28)27(3)21-10-7-19(8-11-21)22-12-9-20(14-17(22)2)24(29)26-16-18-6-5-13-25-15-18/h5-15H,4,16H2,1-3H3,(H,26,29). The summed E-state index contributed by atoms with van der Waals surface area (Å²) in [6, 6.07) is 17.4. The predicted molar refractivity (Wildman–Crippen MR) is 116 cm³/mol. The second kappa shape index (κ2) is 9.15. The lowest BCUT2D eigenvalue weighted by atomic mass is 9.98. The Kier molecular flexibility index (Phi) is 6.39. The summed E-state index contributed by atoms with van der Waals surface area (Å²) in [5, 5.41) is 2.92. The summed E-state index contributed by atoms with van der Waals surface area (Å²) in [6.07, 6.45) is 3.92. The molecule has 0 aliphatic rings. The first-order valence-electron chi connectivity index (χ1n) is 9.64. The average molecular weight is 387 g/mol. The van der Waals surface area contributed by atoms with E-state index in [1.165, 1.54) is 0 Å². The molecule has 1 aromatic heterocycles. The van der Waals surface area contributed by atoms with E-state index in [1.807, 2.05) is 68.4 Å². The number of rotatable bonds is 6. The first-order valence-corrected chi connectivity index (χ1v) is 9.64. The molecule has 0 saturated carbocycles. The zero-order chi connectivity index (χ0) is 20.8. The molecule has 2 amide bonds. The number of benzene rings is 2. The topological polar surface area (TPSA) is 62.3 Å². The van der Waals surface area contributed by atoms with Crippen LogP contribution in [0.4, 0.5) is 5.69 Å². The second-order valence-electron chi connectivity index (χ2n) is 6.93. The molecular weight excluding hydrogens is 362 g/mol. The third-order valence-electron chi connectivity index (χ3n) is 4.91. The molecule has 1 heterocycles. The molecule has 0 aliphatic carbocycles. The largest absolute Gasteiger partial charge is 0.348 e. The number of carbonyl (C=O) groups is 2. The van der Waals surface area contributed by atoms with Crippen molar-refractivity contribution in [3.05, 3.63) is 83.7 Å². The third kappa shape index (κ3) is 4.88. The van der Waals surface area contributed by atoms with Crippen LogP contribution in [-0.2, 0) is 11.3 Å². The number of aromatic nitrogens is 1. The zero-order valence-electron chi connectivity index (χ0n) is 17.0. The maximum Gasteiger partial charge on any atom is 0.251 e. The number of hydrogen-bond acceptors (Lipinski definition) is 3. The lowest BCUT2D eigenvalue weighted by Gasteiger charge is -2.17. The van der Waals surface area contributed by atoms with Crippen LogP contribution < -0.4 is 10.2 Å². The molecule has 0 atom stereocenters. The van der Waals surface area contributed by atoms with E-state index in [4.69, 9.17) is 0 Å². The van der Waals surface area contributed by atoms with Gasteiger partial charge in [0.25, 0.3) is 5.91 Å². The van der Waals surface area contributed by atoms with Crippen molar-refractivity contribution in [2.45, 2.75) is 26.8 Å².